The maximum Gasteiger partial charge on any atom is 0.262 e. The normalized spacial score (nSPS) is 16.4. The second-order valence-electron chi connectivity index (χ2n) is 5.99. The van der Waals surface area contributed by atoms with E-state index in [0.29, 0.717) is 18.7 Å². The molecule has 0 N–H and O–H groups in total. The summed E-state index contributed by atoms with van der Waals surface area (Å²) in [5, 5.41) is 0. The van der Waals surface area contributed by atoms with Crippen molar-refractivity contribution in [1.29, 1.82) is 0 Å². The number of rotatable bonds is 5. The second kappa shape index (κ2) is 7.71. The Bertz CT molecular complexity index is 810. The summed E-state index contributed by atoms with van der Waals surface area (Å²) < 4.78 is 0. The molecule has 4 heteroatoms. The third kappa shape index (κ3) is 4.10. The van der Waals surface area contributed by atoms with Gasteiger partial charge in [-0.25, -0.2) is 4.99 Å². The van der Waals surface area contributed by atoms with Crippen molar-refractivity contribution in [2.75, 3.05) is 11.4 Å². The van der Waals surface area contributed by atoms with Crippen LogP contribution >= 0.6 is 0 Å². The van der Waals surface area contributed by atoms with Crippen molar-refractivity contribution in [3.8, 4) is 0 Å². The number of dihydropyridines is 1. The molecular formula is C21H20N2O2. The van der Waals surface area contributed by atoms with Gasteiger partial charge in [0.25, 0.3) is 5.91 Å². The Kier molecular flexibility index (Phi) is 5.19. The van der Waals surface area contributed by atoms with Crippen LogP contribution in [-0.4, -0.2) is 24.1 Å². The Morgan fingerprint density at radius 2 is 1.68 bits per heavy atom. The van der Waals surface area contributed by atoms with Gasteiger partial charge >= 0.3 is 0 Å². The molecule has 1 heterocycles. The highest BCUT2D eigenvalue weighted by Crippen LogP contribution is 2.20. The molecule has 4 nitrogen and oxygen atoms in total. The van der Waals surface area contributed by atoms with Crippen LogP contribution in [0.2, 0.25) is 0 Å². The number of hydrogen-bond acceptors (Lipinski definition) is 2. The second-order valence-corrected chi connectivity index (χ2v) is 5.99. The number of hydrogen-bond donors (Lipinski definition) is 0. The van der Waals surface area contributed by atoms with Crippen molar-refractivity contribution in [3.63, 3.8) is 0 Å². The Hall–Kier alpha value is -3.01. The molecule has 0 radical (unpaired) electrons. The van der Waals surface area contributed by atoms with Gasteiger partial charge in [0.1, 0.15) is 5.92 Å². The monoisotopic (exact) mass is 332 g/mol. The number of carbonyl (C=O) groups is 2. The lowest BCUT2D eigenvalue weighted by Gasteiger charge is -2.26. The Morgan fingerprint density at radius 1 is 1.04 bits per heavy atom. The number of allylic oxidation sites excluding steroid dienone is 1. The summed E-state index contributed by atoms with van der Waals surface area (Å²) in [6, 6.07) is 19.4. The number of para-hydroxylation sites is 1. The van der Waals surface area contributed by atoms with Crippen LogP contribution in [0.1, 0.15) is 12.5 Å². The molecule has 0 fully saturated rings. The molecule has 126 valence electrons. The van der Waals surface area contributed by atoms with Crippen LogP contribution in [0.15, 0.2) is 77.8 Å². The molecular weight excluding hydrogens is 312 g/mol. The summed E-state index contributed by atoms with van der Waals surface area (Å²) in [4.78, 5) is 30.8. The highest BCUT2D eigenvalue weighted by atomic mass is 16.2. The number of benzene rings is 2. The Morgan fingerprint density at radius 3 is 2.32 bits per heavy atom. The summed E-state index contributed by atoms with van der Waals surface area (Å²) in [6.45, 7) is 2.26. The fourth-order valence-electron chi connectivity index (χ4n) is 2.81. The molecule has 1 unspecified atom stereocenters. The van der Waals surface area contributed by atoms with E-state index in [-0.39, 0.29) is 5.91 Å². The van der Waals surface area contributed by atoms with Crippen molar-refractivity contribution in [2.24, 2.45) is 10.9 Å². The van der Waals surface area contributed by atoms with Crippen molar-refractivity contribution in [2.45, 2.75) is 13.3 Å². The van der Waals surface area contributed by atoms with E-state index in [1.165, 1.54) is 0 Å². The first-order valence-corrected chi connectivity index (χ1v) is 8.33. The van der Waals surface area contributed by atoms with Gasteiger partial charge < -0.3 is 4.90 Å². The fraction of sp³-hybridized carbons (Fsp3) is 0.190. The summed E-state index contributed by atoms with van der Waals surface area (Å²) in [7, 11) is 0. The van der Waals surface area contributed by atoms with Gasteiger partial charge in [-0.3, -0.25) is 9.59 Å². The van der Waals surface area contributed by atoms with E-state index in [1.807, 2.05) is 60.7 Å². The molecule has 0 saturated heterocycles. The van der Waals surface area contributed by atoms with Gasteiger partial charge in [-0.05, 0) is 37.1 Å². The lowest BCUT2D eigenvalue weighted by atomic mass is 10.0. The topological polar surface area (TPSA) is 49.7 Å². The van der Waals surface area contributed by atoms with Crippen LogP contribution in [0.25, 0.3) is 0 Å². The quantitative estimate of drug-likeness (QED) is 0.788. The van der Waals surface area contributed by atoms with E-state index in [2.05, 4.69) is 4.99 Å². The maximum atomic E-state index is 13.0. The predicted octanol–water partition coefficient (Wildman–Crippen LogP) is 3.44. The van der Waals surface area contributed by atoms with E-state index in [0.717, 1.165) is 11.3 Å². The minimum Gasteiger partial charge on any atom is -0.311 e. The summed E-state index contributed by atoms with van der Waals surface area (Å²) in [5.74, 6) is -1.48. The lowest BCUT2D eigenvalue weighted by molar-refractivity contribution is -0.129. The molecule has 1 atom stereocenters. The molecule has 2 aromatic carbocycles. The van der Waals surface area contributed by atoms with Gasteiger partial charge in [0.15, 0.2) is 0 Å². The average molecular weight is 332 g/mol. The van der Waals surface area contributed by atoms with Gasteiger partial charge in [-0.15, -0.1) is 0 Å². The first-order valence-electron chi connectivity index (χ1n) is 8.33. The number of amides is 2. The van der Waals surface area contributed by atoms with Crippen LogP contribution in [-0.2, 0) is 16.0 Å². The number of carbonyl (C=O) groups excluding carboxylic acids is 2. The molecule has 1 aliphatic heterocycles. The summed E-state index contributed by atoms with van der Waals surface area (Å²) in [5.41, 5.74) is 2.57. The third-order valence-electron chi connectivity index (χ3n) is 4.15. The lowest BCUT2D eigenvalue weighted by Crippen LogP contribution is -2.40. The van der Waals surface area contributed by atoms with Crippen molar-refractivity contribution in [1.82, 2.24) is 0 Å². The van der Waals surface area contributed by atoms with E-state index in [1.54, 1.807) is 24.0 Å². The van der Waals surface area contributed by atoms with Crippen LogP contribution in [0.4, 0.5) is 5.69 Å². The van der Waals surface area contributed by atoms with Crippen molar-refractivity contribution >= 4 is 23.2 Å². The molecule has 2 amide bonds. The molecule has 0 aromatic heterocycles. The zero-order chi connectivity index (χ0) is 17.6. The first-order chi connectivity index (χ1) is 12.1. The van der Waals surface area contributed by atoms with Gasteiger partial charge in [-0.2, -0.15) is 0 Å². The predicted molar refractivity (Wildman–Crippen MR) is 99.7 cm³/mol. The largest absolute Gasteiger partial charge is 0.311 e. The Labute approximate surface area is 147 Å². The van der Waals surface area contributed by atoms with E-state index in [9.17, 15) is 9.59 Å². The summed E-state index contributed by atoms with van der Waals surface area (Å²) in [6.07, 6.45) is 4.09. The van der Waals surface area contributed by atoms with Crippen molar-refractivity contribution in [3.05, 3.63) is 78.4 Å². The first kappa shape index (κ1) is 16.8. The zero-order valence-electron chi connectivity index (χ0n) is 14.1. The smallest absolute Gasteiger partial charge is 0.262 e. The molecule has 2 aromatic rings. The van der Waals surface area contributed by atoms with E-state index < -0.39 is 11.8 Å². The molecule has 0 bridgehead atoms. The van der Waals surface area contributed by atoms with Crippen LogP contribution in [0, 0.1) is 5.92 Å². The zero-order valence-corrected chi connectivity index (χ0v) is 14.1. The van der Waals surface area contributed by atoms with Crippen LogP contribution in [0.5, 0.6) is 0 Å². The van der Waals surface area contributed by atoms with Crippen molar-refractivity contribution < 1.29 is 9.59 Å². The average Bonchev–Trinajstić information content (AvgIpc) is 2.63. The van der Waals surface area contributed by atoms with Gasteiger partial charge in [0, 0.05) is 17.9 Å². The molecule has 0 spiro atoms. The fourth-order valence-corrected chi connectivity index (χ4v) is 2.81. The highest BCUT2D eigenvalue weighted by Gasteiger charge is 2.30. The molecule has 3 rings (SSSR count). The maximum absolute atomic E-state index is 13.0. The molecule has 25 heavy (non-hydrogen) atoms. The van der Waals surface area contributed by atoms with Crippen LogP contribution in [0.3, 0.4) is 0 Å². The number of nitrogens with zero attached hydrogens (tertiary/aromatic N) is 2. The van der Waals surface area contributed by atoms with Crippen LogP contribution < -0.4 is 4.90 Å². The van der Waals surface area contributed by atoms with E-state index >= 15 is 0 Å². The molecule has 0 aliphatic carbocycles. The minimum atomic E-state index is -0.848. The molecule has 0 saturated carbocycles. The highest BCUT2D eigenvalue weighted by molar-refractivity contribution is 6.15. The van der Waals surface area contributed by atoms with E-state index in [4.69, 9.17) is 0 Å². The molecule has 1 aliphatic rings. The SMILES string of the molecule is CC1=NC(=O)C(C(=O)N(CCc2ccccc2)c2ccccc2)C=C1. The van der Waals surface area contributed by atoms with Gasteiger partial charge in [-0.1, -0.05) is 54.6 Å². The Balaban J connectivity index is 1.82. The van der Waals surface area contributed by atoms with Gasteiger partial charge in [0.2, 0.25) is 5.91 Å². The number of anilines is 1. The van der Waals surface area contributed by atoms with Gasteiger partial charge in [0.05, 0.1) is 0 Å². The number of aliphatic imine (C=N–C) groups is 1. The minimum absolute atomic E-state index is 0.236. The third-order valence-corrected chi connectivity index (χ3v) is 4.15. The standard InChI is InChI=1S/C21H20N2O2/c1-16-12-13-19(20(24)22-16)21(25)23(18-10-6-3-7-11-18)15-14-17-8-4-2-5-9-17/h2-13,19H,14-15H2,1H3. The summed E-state index contributed by atoms with van der Waals surface area (Å²) >= 11 is 0.